The molecule has 0 aliphatic carbocycles. The molecular weight excluding hydrogens is 288 g/mol. The highest BCUT2D eigenvalue weighted by Crippen LogP contribution is 2.29. The van der Waals surface area contributed by atoms with Crippen molar-refractivity contribution in [3.05, 3.63) is 72.1 Å². The molecule has 0 saturated carbocycles. The van der Waals surface area contributed by atoms with E-state index in [2.05, 4.69) is 4.98 Å². The van der Waals surface area contributed by atoms with Crippen LogP contribution in [-0.2, 0) is 4.74 Å². The van der Waals surface area contributed by atoms with Crippen LogP contribution in [-0.4, -0.2) is 22.1 Å². The van der Waals surface area contributed by atoms with Crippen LogP contribution in [0.15, 0.2) is 60.8 Å². The molecule has 23 heavy (non-hydrogen) atoms. The summed E-state index contributed by atoms with van der Waals surface area (Å²) < 4.78 is 7.16. The van der Waals surface area contributed by atoms with Gasteiger partial charge < -0.3 is 4.74 Å². The van der Waals surface area contributed by atoms with E-state index in [1.54, 1.807) is 13.1 Å². The van der Waals surface area contributed by atoms with Gasteiger partial charge in [-0.25, -0.2) is 9.78 Å². The quantitative estimate of drug-likeness (QED) is 0.684. The van der Waals surface area contributed by atoms with Crippen molar-refractivity contribution in [2.24, 2.45) is 0 Å². The average Bonchev–Trinajstić information content (AvgIpc) is 2.94. The second-order valence-corrected chi connectivity index (χ2v) is 5.14. The van der Waals surface area contributed by atoms with Crippen LogP contribution in [0.1, 0.15) is 23.0 Å². The third-order valence-electron chi connectivity index (χ3n) is 3.69. The third kappa shape index (κ3) is 2.88. The Balaban J connectivity index is 2.21. The van der Waals surface area contributed by atoms with Gasteiger partial charge in [-0.2, -0.15) is 0 Å². The van der Waals surface area contributed by atoms with Gasteiger partial charge >= 0.3 is 5.97 Å². The van der Waals surface area contributed by atoms with Gasteiger partial charge in [-0.05, 0) is 37.6 Å². The monoisotopic (exact) mass is 306 g/mol. The number of pyridine rings is 1. The van der Waals surface area contributed by atoms with E-state index in [9.17, 15) is 4.79 Å². The van der Waals surface area contributed by atoms with E-state index in [1.807, 2.05) is 66.1 Å². The van der Waals surface area contributed by atoms with Gasteiger partial charge in [-0.1, -0.05) is 36.4 Å². The lowest BCUT2D eigenvalue weighted by molar-refractivity contribution is 0.0525. The first-order chi connectivity index (χ1) is 11.2. The molecule has 0 bridgehead atoms. The van der Waals surface area contributed by atoms with Crippen LogP contribution < -0.4 is 0 Å². The summed E-state index contributed by atoms with van der Waals surface area (Å²) in [5.74, 6) is 0.469. The summed E-state index contributed by atoms with van der Waals surface area (Å²) in [6, 6.07) is 17.6. The number of nitrogens with zero attached hydrogens (tertiary/aromatic N) is 2. The van der Waals surface area contributed by atoms with Gasteiger partial charge in [0.05, 0.1) is 17.9 Å². The number of ether oxygens (including phenoxy) is 1. The van der Waals surface area contributed by atoms with E-state index < -0.39 is 0 Å². The zero-order valence-electron chi connectivity index (χ0n) is 13.2. The van der Waals surface area contributed by atoms with Crippen molar-refractivity contribution in [1.29, 1.82) is 0 Å². The maximum absolute atomic E-state index is 12.2. The number of esters is 1. The molecule has 4 heteroatoms. The van der Waals surface area contributed by atoms with Crippen LogP contribution in [0, 0.1) is 6.92 Å². The van der Waals surface area contributed by atoms with Gasteiger partial charge in [0.1, 0.15) is 5.82 Å². The lowest BCUT2D eigenvalue weighted by atomic mass is 10.1. The summed E-state index contributed by atoms with van der Waals surface area (Å²) >= 11 is 0. The van der Waals surface area contributed by atoms with Gasteiger partial charge in [-0.15, -0.1) is 0 Å². The highest BCUT2D eigenvalue weighted by molar-refractivity contribution is 5.93. The van der Waals surface area contributed by atoms with E-state index in [-0.39, 0.29) is 5.97 Å². The van der Waals surface area contributed by atoms with Gasteiger partial charge in [0.2, 0.25) is 0 Å². The molecule has 0 amide bonds. The number of carbonyl (C=O) groups excluding carboxylic acids is 1. The van der Waals surface area contributed by atoms with Gasteiger partial charge in [0.25, 0.3) is 0 Å². The van der Waals surface area contributed by atoms with Crippen molar-refractivity contribution in [1.82, 2.24) is 9.55 Å². The Morgan fingerprint density at radius 3 is 2.52 bits per heavy atom. The number of hydrogen-bond acceptors (Lipinski definition) is 3. The fourth-order valence-electron chi connectivity index (χ4n) is 2.62. The van der Waals surface area contributed by atoms with Gasteiger partial charge in [-0.3, -0.25) is 4.57 Å². The molecule has 0 radical (unpaired) electrons. The summed E-state index contributed by atoms with van der Waals surface area (Å²) in [6.07, 6.45) is 1.74. The number of aromatic nitrogens is 2. The van der Waals surface area contributed by atoms with Crippen molar-refractivity contribution >= 4 is 5.97 Å². The van der Waals surface area contributed by atoms with Crippen molar-refractivity contribution in [3.63, 3.8) is 0 Å². The van der Waals surface area contributed by atoms with Crippen LogP contribution in [0.2, 0.25) is 0 Å². The van der Waals surface area contributed by atoms with E-state index in [4.69, 9.17) is 4.74 Å². The molecule has 0 saturated heterocycles. The minimum absolute atomic E-state index is 0.308. The zero-order chi connectivity index (χ0) is 16.2. The second-order valence-electron chi connectivity index (χ2n) is 5.14. The Hall–Kier alpha value is -2.88. The normalized spacial score (nSPS) is 10.5. The maximum atomic E-state index is 12.2. The van der Waals surface area contributed by atoms with E-state index in [0.29, 0.717) is 12.2 Å². The number of carbonyl (C=O) groups is 1. The molecule has 0 fully saturated rings. The van der Waals surface area contributed by atoms with Crippen LogP contribution in [0.3, 0.4) is 0 Å². The Morgan fingerprint density at radius 1 is 1.13 bits per heavy atom. The SMILES string of the molecule is CCOC(=O)c1cc(-c2ccccc2)n(-c2ccccn2)c1C. The van der Waals surface area contributed by atoms with Crippen LogP contribution in [0.5, 0.6) is 0 Å². The molecule has 2 heterocycles. The predicted molar refractivity (Wildman–Crippen MR) is 89.7 cm³/mol. The summed E-state index contributed by atoms with van der Waals surface area (Å²) in [4.78, 5) is 16.7. The summed E-state index contributed by atoms with van der Waals surface area (Å²) in [7, 11) is 0. The molecule has 0 unspecified atom stereocenters. The Morgan fingerprint density at radius 2 is 1.87 bits per heavy atom. The van der Waals surface area contributed by atoms with Crippen LogP contribution >= 0.6 is 0 Å². The molecule has 4 nitrogen and oxygen atoms in total. The molecule has 3 rings (SSSR count). The topological polar surface area (TPSA) is 44.1 Å². The molecule has 1 aromatic carbocycles. The molecule has 3 aromatic rings. The van der Waals surface area contributed by atoms with Crippen LogP contribution in [0.25, 0.3) is 17.1 Å². The standard InChI is InChI=1S/C19H18N2O2/c1-3-23-19(22)16-13-17(15-9-5-4-6-10-15)21(14(16)2)18-11-7-8-12-20-18/h4-13H,3H2,1-2H3. The van der Waals surface area contributed by atoms with E-state index >= 15 is 0 Å². The molecule has 116 valence electrons. The lowest BCUT2D eigenvalue weighted by Crippen LogP contribution is -2.07. The first kappa shape index (κ1) is 15.0. The minimum Gasteiger partial charge on any atom is -0.462 e. The Kier molecular flexibility index (Phi) is 4.24. The highest BCUT2D eigenvalue weighted by atomic mass is 16.5. The van der Waals surface area contributed by atoms with Crippen LogP contribution in [0.4, 0.5) is 0 Å². The number of rotatable bonds is 4. The fraction of sp³-hybridized carbons (Fsp3) is 0.158. The van der Waals surface area contributed by atoms with E-state index in [1.165, 1.54) is 0 Å². The van der Waals surface area contributed by atoms with Gasteiger partial charge in [0, 0.05) is 11.9 Å². The highest BCUT2D eigenvalue weighted by Gasteiger charge is 2.20. The fourth-order valence-corrected chi connectivity index (χ4v) is 2.62. The Labute approximate surface area is 135 Å². The number of benzene rings is 1. The first-order valence-electron chi connectivity index (χ1n) is 7.58. The molecule has 0 N–H and O–H groups in total. The number of hydrogen-bond donors (Lipinski definition) is 0. The third-order valence-corrected chi connectivity index (χ3v) is 3.69. The van der Waals surface area contributed by atoms with Crippen molar-refractivity contribution in [2.75, 3.05) is 6.61 Å². The van der Waals surface area contributed by atoms with E-state index in [0.717, 1.165) is 22.8 Å². The van der Waals surface area contributed by atoms with Crippen molar-refractivity contribution in [3.8, 4) is 17.1 Å². The second kappa shape index (κ2) is 6.48. The van der Waals surface area contributed by atoms with Crippen molar-refractivity contribution < 1.29 is 9.53 Å². The maximum Gasteiger partial charge on any atom is 0.339 e. The predicted octanol–water partition coefficient (Wildman–Crippen LogP) is 4.02. The zero-order valence-corrected chi connectivity index (χ0v) is 13.2. The molecular formula is C19H18N2O2. The summed E-state index contributed by atoms with van der Waals surface area (Å²) in [5.41, 5.74) is 3.33. The first-order valence-corrected chi connectivity index (χ1v) is 7.58. The molecule has 0 aliphatic heterocycles. The lowest BCUT2D eigenvalue weighted by Gasteiger charge is -2.11. The smallest absolute Gasteiger partial charge is 0.339 e. The molecule has 0 atom stereocenters. The molecule has 0 spiro atoms. The molecule has 0 aliphatic rings. The summed E-state index contributed by atoms with van der Waals surface area (Å²) in [6.45, 7) is 4.07. The van der Waals surface area contributed by atoms with Gasteiger partial charge in [0.15, 0.2) is 0 Å². The van der Waals surface area contributed by atoms with Crippen molar-refractivity contribution in [2.45, 2.75) is 13.8 Å². The summed E-state index contributed by atoms with van der Waals surface area (Å²) in [5, 5.41) is 0. The largest absolute Gasteiger partial charge is 0.462 e. The Bertz CT molecular complexity index is 808. The molecule has 2 aromatic heterocycles. The minimum atomic E-state index is -0.308. The average molecular weight is 306 g/mol.